The Morgan fingerprint density at radius 1 is 1.17 bits per heavy atom. The third-order valence-corrected chi connectivity index (χ3v) is 8.39. The van der Waals surface area contributed by atoms with Gasteiger partial charge in [-0.25, -0.2) is 0 Å². The monoisotopic (exact) mass is 493 g/mol. The first-order chi connectivity index (χ1) is 17.0. The van der Waals surface area contributed by atoms with Crippen LogP contribution in [0.4, 0.5) is 0 Å². The molecule has 4 rings (SSSR count). The molecule has 3 N–H and O–H groups in total. The van der Waals surface area contributed by atoms with Crippen LogP contribution in [-0.4, -0.2) is 45.9 Å². The molecule has 0 radical (unpaired) electrons. The highest BCUT2D eigenvalue weighted by Crippen LogP contribution is 2.57. The fraction of sp³-hybridized carbons (Fsp3) is 0.533. The summed E-state index contributed by atoms with van der Waals surface area (Å²) in [7, 11) is 0. The van der Waals surface area contributed by atoms with Crippen LogP contribution in [0.1, 0.15) is 53.0 Å². The van der Waals surface area contributed by atoms with E-state index in [-0.39, 0.29) is 23.8 Å². The fourth-order valence-electron chi connectivity index (χ4n) is 6.76. The number of esters is 1. The number of carbonyl (C=O) groups excluding carboxylic acids is 2. The Balaban J connectivity index is 1.94. The molecule has 8 atom stereocenters. The quantitative estimate of drug-likeness (QED) is 0.439. The van der Waals surface area contributed by atoms with Crippen molar-refractivity contribution in [3.63, 3.8) is 0 Å². The molecule has 0 bridgehead atoms. The maximum atomic E-state index is 14.2. The molecule has 194 valence electrons. The molecule has 3 aliphatic rings. The van der Waals surface area contributed by atoms with Gasteiger partial charge < -0.3 is 20.3 Å². The molecule has 1 aromatic rings. The molecular weight excluding hydrogens is 454 g/mol. The summed E-state index contributed by atoms with van der Waals surface area (Å²) in [4.78, 5) is 26.5. The largest absolute Gasteiger partial charge is 0.457 e. The minimum atomic E-state index is -1.26. The van der Waals surface area contributed by atoms with E-state index >= 15 is 0 Å². The van der Waals surface area contributed by atoms with Crippen LogP contribution in [0.15, 0.2) is 65.8 Å². The van der Waals surface area contributed by atoms with Crippen LogP contribution in [0.5, 0.6) is 0 Å². The van der Waals surface area contributed by atoms with E-state index in [0.717, 1.165) is 16.7 Å². The minimum absolute atomic E-state index is 0.181. The zero-order valence-corrected chi connectivity index (χ0v) is 21.9. The molecular formula is C30H39NO5. The molecule has 6 nitrogen and oxygen atoms in total. The molecule has 2 aliphatic carbocycles. The van der Waals surface area contributed by atoms with E-state index < -0.39 is 35.1 Å². The molecule has 1 heterocycles. The van der Waals surface area contributed by atoms with E-state index in [4.69, 9.17) is 4.74 Å². The summed E-state index contributed by atoms with van der Waals surface area (Å²) in [5.41, 5.74) is 0.485. The third kappa shape index (κ3) is 4.69. The van der Waals surface area contributed by atoms with Crippen molar-refractivity contribution >= 4 is 11.9 Å². The number of amides is 1. The van der Waals surface area contributed by atoms with E-state index in [1.807, 2.05) is 56.3 Å². The normalized spacial score (nSPS) is 40.4. The Morgan fingerprint density at radius 3 is 2.53 bits per heavy atom. The molecule has 1 amide bonds. The van der Waals surface area contributed by atoms with Crippen molar-refractivity contribution in [1.29, 1.82) is 0 Å². The maximum Gasteiger partial charge on any atom is 0.303 e. The van der Waals surface area contributed by atoms with Gasteiger partial charge in [0.05, 0.1) is 11.7 Å². The number of rotatable bonds is 3. The summed E-state index contributed by atoms with van der Waals surface area (Å²) in [6.07, 6.45) is 7.26. The molecule has 1 fully saturated rings. The smallest absolute Gasteiger partial charge is 0.303 e. The predicted molar refractivity (Wildman–Crippen MR) is 139 cm³/mol. The summed E-state index contributed by atoms with van der Waals surface area (Å²) in [5.74, 6) is -1.49. The van der Waals surface area contributed by atoms with Crippen molar-refractivity contribution in [3.05, 3.63) is 71.3 Å². The van der Waals surface area contributed by atoms with Gasteiger partial charge in [-0.15, -0.1) is 0 Å². The summed E-state index contributed by atoms with van der Waals surface area (Å²) < 4.78 is 5.89. The second kappa shape index (κ2) is 9.98. The average molecular weight is 494 g/mol. The number of carbonyl (C=O) groups is 2. The van der Waals surface area contributed by atoms with Crippen molar-refractivity contribution in [2.24, 2.45) is 23.2 Å². The Kier molecular flexibility index (Phi) is 7.31. The lowest BCUT2D eigenvalue weighted by Gasteiger charge is -2.49. The first-order valence-corrected chi connectivity index (χ1v) is 12.9. The summed E-state index contributed by atoms with van der Waals surface area (Å²) >= 11 is 0. The standard InChI is InChI=1S/C30H39NO5/c1-18-10-9-13-23-27(33)20(3)19(2)26-24(16-22-11-7-6-8-12-22)31-28(34)30(23,26)25(36-21(4)32)14-15-29(5,35)17-18/h6-9,11-15,18,23-27,33,35H,10,16-17H2,1-5H3,(H,31,34)/b13-9+,15-14+/t18-,23-,24-,25?,26-,27+,29-,30?/m0/s1. The molecule has 36 heavy (non-hydrogen) atoms. The first-order valence-electron chi connectivity index (χ1n) is 12.9. The van der Waals surface area contributed by atoms with Crippen LogP contribution in [0.3, 0.4) is 0 Å². The number of hydrogen-bond donors (Lipinski definition) is 3. The molecule has 6 heteroatoms. The zero-order chi connectivity index (χ0) is 26.3. The van der Waals surface area contributed by atoms with Crippen LogP contribution >= 0.6 is 0 Å². The Hall–Kier alpha value is -2.70. The van der Waals surface area contributed by atoms with Gasteiger partial charge >= 0.3 is 5.97 Å². The van der Waals surface area contributed by atoms with E-state index in [1.165, 1.54) is 6.92 Å². The number of ether oxygens (including phenoxy) is 1. The average Bonchev–Trinajstić information content (AvgIpc) is 3.08. The van der Waals surface area contributed by atoms with Crippen LogP contribution in [0.2, 0.25) is 0 Å². The summed E-state index contributed by atoms with van der Waals surface area (Å²) in [5, 5.41) is 25.9. The van der Waals surface area contributed by atoms with Crippen molar-refractivity contribution in [1.82, 2.24) is 5.32 Å². The van der Waals surface area contributed by atoms with Gasteiger partial charge in [-0.2, -0.15) is 0 Å². The van der Waals surface area contributed by atoms with Crippen molar-refractivity contribution < 1.29 is 24.5 Å². The van der Waals surface area contributed by atoms with Gasteiger partial charge in [0.2, 0.25) is 5.91 Å². The number of aliphatic hydroxyl groups excluding tert-OH is 1. The van der Waals surface area contributed by atoms with Gasteiger partial charge in [-0.1, -0.05) is 61.1 Å². The second-order valence-electron chi connectivity index (χ2n) is 11.2. The molecule has 1 aliphatic heterocycles. The van der Waals surface area contributed by atoms with Crippen molar-refractivity contribution in [3.8, 4) is 0 Å². The maximum absolute atomic E-state index is 14.2. The van der Waals surface area contributed by atoms with Gasteiger partial charge in [-0.3, -0.25) is 9.59 Å². The van der Waals surface area contributed by atoms with E-state index in [2.05, 4.69) is 12.2 Å². The number of allylic oxidation sites excluding steroid dienone is 1. The summed E-state index contributed by atoms with van der Waals surface area (Å²) in [6.45, 7) is 9.03. The molecule has 1 spiro atoms. The second-order valence-corrected chi connectivity index (χ2v) is 11.2. The zero-order valence-electron chi connectivity index (χ0n) is 21.9. The van der Waals surface area contributed by atoms with Crippen LogP contribution in [0, 0.1) is 23.2 Å². The predicted octanol–water partition coefficient (Wildman–Crippen LogP) is 3.88. The minimum Gasteiger partial charge on any atom is -0.457 e. The SMILES string of the molecule is CC(=O)OC1/C=C/[C@](C)(O)C[C@@H](C)C/C=C/[C@H]2[C@H](O)C(C)=C(C)[C@H]3[C@H](Cc4ccccc4)NC(=O)C123. The Morgan fingerprint density at radius 2 is 1.86 bits per heavy atom. The van der Waals surface area contributed by atoms with Crippen LogP contribution in [0.25, 0.3) is 0 Å². The van der Waals surface area contributed by atoms with Gasteiger partial charge in [0.25, 0.3) is 0 Å². The van der Waals surface area contributed by atoms with Gasteiger partial charge in [-0.05, 0) is 63.2 Å². The van der Waals surface area contributed by atoms with Gasteiger partial charge in [0.15, 0.2) is 0 Å². The molecule has 0 saturated carbocycles. The van der Waals surface area contributed by atoms with E-state index in [9.17, 15) is 19.8 Å². The Labute approximate surface area is 214 Å². The number of aliphatic hydroxyl groups is 2. The molecule has 1 saturated heterocycles. The highest BCUT2D eigenvalue weighted by Gasteiger charge is 2.67. The lowest BCUT2D eigenvalue weighted by molar-refractivity contribution is -0.161. The highest BCUT2D eigenvalue weighted by molar-refractivity contribution is 5.89. The lowest BCUT2D eigenvalue weighted by Crippen LogP contribution is -2.58. The van der Waals surface area contributed by atoms with Crippen LogP contribution < -0.4 is 5.32 Å². The first kappa shape index (κ1) is 26.4. The molecule has 1 aromatic carbocycles. The topological polar surface area (TPSA) is 95.9 Å². The summed E-state index contributed by atoms with van der Waals surface area (Å²) in [6, 6.07) is 9.76. The van der Waals surface area contributed by atoms with Gasteiger partial charge in [0, 0.05) is 24.8 Å². The van der Waals surface area contributed by atoms with Gasteiger partial charge in [0.1, 0.15) is 11.5 Å². The van der Waals surface area contributed by atoms with E-state index in [1.54, 1.807) is 19.1 Å². The molecule has 2 unspecified atom stereocenters. The van der Waals surface area contributed by atoms with Crippen molar-refractivity contribution in [2.45, 2.75) is 77.7 Å². The van der Waals surface area contributed by atoms with E-state index in [0.29, 0.717) is 19.3 Å². The van der Waals surface area contributed by atoms with Crippen LogP contribution in [-0.2, 0) is 20.7 Å². The Bertz CT molecular complexity index is 1090. The van der Waals surface area contributed by atoms with Crippen molar-refractivity contribution in [2.75, 3.05) is 0 Å². The number of benzene rings is 1. The fourth-order valence-corrected chi connectivity index (χ4v) is 6.76. The number of nitrogens with one attached hydrogen (secondary N) is 1. The number of hydrogen-bond acceptors (Lipinski definition) is 5. The highest BCUT2D eigenvalue weighted by atomic mass is 16.5. The third-order valence-electron chi connectivity index (χ3n) is 8.39. The molecule has 0 aromatic heterocycles. The lowest BCUT2D eigenvalue weighted by atomic mass is 9.54.